The molecule has 1 amide bonds. The zero-order valence-corrected chi connectivity index (χ0v) is 13.3. The lowest BCUT2D eigenvalue weighted by Crippen LogP contribution is -2.42. The van der Waals surface area contributed by atoms with Gasteiger partial charge in [0.05, 0.1) is 5.92 Å². The molecule has 0 bridgehead atoms. The summed E-state index contributed by atoms with van der Waals surface area (Å²) in [5.41, 5.74) is 1.26. The highest BCUT2D eigenvalue weighted by Crippen LogP contribution is 2.35. The predicted octanol–water partition coefficient (Wildman–Crippen LogP) is 3.70. The molecule has 2 rings (SSSR count). The number of amides is 1. The summed E-state index contributed by atoms with van der Waals surface area (Å²) >= 11 is 5.27. The molecule has 2 atom stereocenters. The van der Waals surface area contributed by atoms with Crippen LogP contribution in [0.3, 0.4) is 0 Å². The van der Waals surface area contributed by atoms with Gasteiger partial charge in [-0.2, -0.15) is 0 Å². The Morgan fingerprint density at radius 1 is 1.61 bits per heavy atom. The molecule has 2 nitrogen and oxygen atoms in total. The van der Waals surface area contributed by atoms with Gasteiger partial charge in [-0.15, -0.1) is 11.3 Å². The average molecular weight is 330 g/mol. The van der Waals surface area contributed by atoms with Crippen LogP contribution in [0.4, 0.5) is 0 Å². The van der Waals surface area contributed by atoms with E-state index in [0.29, 0.717) is 5.92 Å². The molecular weight excluding hydrogens is 310 g/mol. The quantitative estimate of drug-likeness (QED) is 0.838. The fraction of sp³-hybridized carbons (Fsp3) is 0.643. The van der Waals surface area contributed by atoms with Crippen molar-refractivity contribution in [2.24, 2.45) is 5.92 Å². The fourth-order valence-electron chi connectivity index (χ4n) is 2.43. The third kappa shape index (κ3) is 2.97. The van der Waals surface area contributed by atoms with Crippen LogP contribution in [0.25, 0.3) is 0 Å². The monoisotopic (exact) mass is 329 g/mol. The number of carbonyl (C=O) groups is 1. The molecule has 1 N–H and O–H groups in total. The minimum Gasteiger partial charge on any atom is -0.352 e. The molecular formula is C14H20BrNOS. The van der Waals surface area contributed by atoms with Gasteiger partial charge in [-0.05, 0) is 42.2 Å². The SMILES string of the molecule is CC(C)C(CBr)NC(=O)C1CCCc2sccc21. The summed E-state index contributed by atoms with van der Waals surface area (Å²) in [7, 11) is 0. The van der Waals surface area contributed by atoms with E-state index in [1.165, 1.54) is 10.4 Å². The number of fused-ring (bicyclic) bond motifs is 1. The summed E-state index contributed by atoms with van der Waals surface area (Å²) in [5.74, 6) is 0.728. The van der Waals surface area contributed by atoms with E-state index in [1.807, 2.05) is 0 Å². The van der Waals surface area contributed by atoms with Gasteiger partial charge in [0.25, 0.3) is 0 Å². The third-order valence-corrected chi connectivity index (χ3v) is 5.36. The molecule has 2 unspecified atom stereocenters. The smallest absolute Gasteiger partial charge is 0.227 e. The van der Waals surface area contributed by atoms with Gasteiger partial charge in [-0.25, -0.2) is 0 Å². The second-order valence-electron chi connectivity index (χ2n) is 5.26. The first-order chi connectivity index (χ1) is 8.63. The lowest BCUT2D eigenvalue weighted by Gasteiger charge is -2.26. The second kappa shape index (κ2) is 6.20. The molecule has 0 radical (unpaired) electrons. The van der Waals surface area contributed by atoms with Crippen molar-refractivity contribution in [3.8, 4) is 0 Å². The number of rotatable bonds is 4. The average Bonchev–Trinajstić information content (AvgIpc) is 2.82. The Morgan fingerprint density at radius 3 is 3.06 bits per heavy atom. The molecule has 1 heterocycles. The standard InChI is InChI=1S/C14H20BrNOS/c1-9(2)12(8-15)16-14(17)11-4-3-5-13-10(11)6-7-18-13/h6-7,9,11-12H,3-5,8H2,1-2H3,(H,16,17). The highest BCUT2D eigenvalue weighted by molar-refractivity contribution is 9.09. The van der Waals surface area contributed by atoms with Crippen molar-refractivity contribution in [3.63, 3.8) is 0 Å². The molecule has 0 aromatic carbocycles. The van der Waals surface area contributed by atoms with Crippen LogP contribution in [0.2, 0.25) is 0 Å². The van der Waals surface area contributed by atoms with Crippen LogP contribution in [-0.2, 0) is 11.2 Å². The van der Waals surface area contributed by atoms with E-state index in [9.17, 15) is 4.79 Å². The molecule has 1 aliphatic rings. The number of aryl methyl sites for hydroxylation is 1. The van der Waals surface area contributed by atoms with Crippen molar-refractivity contribution in [1.82, 2.24) is 5.32 Å². The normalized spacial score (nSPS) is 20.6. The number of thiophene rings is 1. The van der Waals surface area contributed by atoms with Gasteiger partial charge < -0.3 is 5.32 Å². The molecule has 1 aliphatic carbocycles. The Labute approximate surface area is 121 Å². The number of carbonyl (C=O) groups excluding carboxylic acids is 1. The predicted molar refractivity (Wildman–Crippen MR) is 80.6 cm³/mol. The molecule has 18 heavy (non-hydrogen) atoms. The van der Waals surface area contributed by atoms with Crippen LogP contribution < -0.4 is 5.32 Å². The van der Waals surface area contributed by atoms with Crippen molar-refractivity contribution in [3.05, 3.63) is 21.9 Å². The summed E-state index contributed by atoms with van der Waals surface area (Å²) in [4.78, 5) is 13.8. The van der Waals surface area contributed by atoms with Crippen LogP contribution in [0.5, 0.6) is 0 Å². The minimum absolute atomic E-state index is 0.0697. The Kier molecular flexibility index (Phi) is 4.84. The van der Waals surface area contributed by atoms with Crippen LogP contribution in [0.15, 0.2) is 11.4 Å². The lowest BCUT2D eigenvalue weighted by atomic mass is 9.87. The van der Waals surface area contributed by atoms with Gasteiger partial charge >= 0.3 is 0 Å². The van der Waals surface area contributed by atoms with E-state index in [4.69, 9.17) is 0 Å². The zero-order valence-electron chi connectivity index (χ0n) is 10.9. The molecule has 100 valence electrons. The highest BCUT2D eigenvalue weighted by atomic mass is 79.9. The zero-order chi connectivity index (χ0) is 13.1. The Morgan fingerprint density at radius 2 is 2.39 bits per heavy atom. The Hall–Kier alpha value is -0.350. The first-order valence-electron chi connectivity index (χ1n) is 6.56. The summed E-state index contributed by atoms with van der Waals surface area (Å²) in [6.07, 6.45) is 3.26. The van der Waals surface area contributed by atoms with Gasteiger partial charge in [-0.1, -0.05) is 29.8 Å². The van der Waals surface area contributed by atoms with Crippen LogP contribution in [-0.4, -0.2) is 17.3 Å². The van der Waals surface area contributed by atoms with Gasteiger partial charge in [0.1, 0.15) is 0 Å². The number of alkyl halides is 1. The van der Waals surface area contributed by atoms with Crippen molar-refractivity contribution in [2.75, 3.05) is 5.33 Å². The van der Waals surface area contributed by atoms with E-state index in [-0.39, 0.29) is 17.9 Å². The summed E-state index contributed by atoms with van der Waals surface area (Å²) in [5, 5.41) is 6.12. The minimum atomic E-state index is 0.0697. The maximum atomic E-state index is 12.4. The Bertz CT molecular complexity index is 416. The van der Waals surface area contributed by atoms with Crippen molar-refractivity contribution in [2.45, 2.75) is 45.1 Å². The second-order valence-corrected chi connectivity index (χ2v) is 6.91. The maximum absolute atomic E-state index is 12.4. The highest BCUT2D eigenvalue weighted by Gasteiger charge is 2.28. The fourth-order valence-corrected chi connectivity index (χ4v) is 4.32. The summed E-state index contributed by atoms with van der Waals surface area (Å²) in [6.45, 7) is 4.28. The van der Waals surface area contributed by atoms with E-state index in [1.54, 1.807) is 11.3 Å². The summed E-state index contributed by atoms with van der Waals surface area (Å²) < 4.78 is 0. The van der Waals surface area contributed by atoms with Crippen LogP contribution in [0, 0.1) is 5.92 Å². The molecule has 4 heteroatoms. The molecule has 0 saturated carbocycles. The van der Waals surface area contributed by atoms with Crippen molar-refractivity contribution in [1.29, 1.82) is 0 Å². The van der Waals surface area contributed by atoms with Gasteiger partial charge in [0, 0.05) is 16.2 Å². The van der Waals surface area contributed by atoms with Gasteiger partial charge in [0.15, 0.2) is 0 Å². The first kappa shape index (κ1) is 14.1. The van der Waals surface area contributed by atoms with E-state index in [2.05, 4.69) is 46.5 Å². The molecule has 0 fully saturated rings. The van der Waals surface area contributed by atoms with Crippen molar-refractivity contribution < 1.29 is 4.79 Å². The molecule has 0 spiro atoms. The Balaban J connectivity index is 2.07. The van der Waals surface area contributed by atoms with Gasteiger partial charge in [0.2, 0.25) is 5.91 Å². The third-order valence-electron chi connectivity index (χ3n) is 3.67. The van der Waals surface area contributed by atoms with Crippen molar-refractivity contribution >= 4 is 33.2 Å². The lowest BCUT2D eigenvalue weighted by molar-refractivity contribution is -0.123. The van der Waals surface area contributed by atoms with E-state index < -0.39 is 0 Å². The van der Waals surface area contributed by atoms with E-state index in [0.717, 1.165) is 24.6 Å². The van der Waals surface area contributed by atoms with Gasteiger partial charge in [-0.3, -0.25) is 4.79 Å². The maximum Gasteiger partial charge on any atom is 0.227 e. The van der Waals surface area contributed by atoms with E-state index >= 15 is 0 Å². The number of nitrogens with one attached hydrogen (secondary N) is 1. The molecule has 1 aromatic heterocycles. The number of hydrogen-bond acceptors (Lipinski definition) is 2. The van der Waals surface area contributed by atoms with Crippen LogP contribution in [0.1, 0.15) is 43.0 Å². The largest absolute Gasteiger partial charge is 0.352 e. The molecule has 0 saturated heterocycles. The molecule has 0 aliphatic heterocycles. The van der Waals surface area contributed by atoms with Crippen LogP contribution >= 0.6 is 27.3 Å². The topological polar surface area (TPSA) is 29.1 Å². The number of hydrogen-bond donors (Lipinski definition) is 1. The summed E-state index contributed by atoms with van der Waals surface area (Å²) in [6, 6.07) is 2.35. The molecule has 1 aromatic rings. The first-order valence-corrected chi connectivity index (χ1v) is 8.56. The number of halogens is 1.